The Bertz CT molecular complexity index is 1080. The van der Waals surface area contributed by atoms with Gasteiger partial charge in [0.25, 0.3) is 0 Å². The molecule has 2 aromatic carbocycles. The molecule has 0 bridgehead atoms. The molecule has 0 fully saturated rings. The molecule has 2 N–H and O–H groups in total. The fourth-order valence-corrected chi connectivity index (χ4v) is 5.38. The molecule has 0 saturated carbocycles. The molecule has 2 rings (SSSR count). The van der Waals surface area contributed by atoms with Crippen LogP contribution in [0.2, 0.25) is 0 Å². The summed E-state index contributed by atoms with van der Waals surface area (Å²) in [6.07, 6.45) is 0.474. The van der Waals surface area contributed by atoms with Gasteiger partial charge in [-0.15, -0.1) is 0 Å². The highest BCUT2D eigenvalue weighted by molar-refractivity contribution is 6.05. The molecule has 0 radical (unpaired) electrons. The molecule has 0 spiro atoms. The van der Waals surface area contributed by atoms with Crippen LogP contribution in [0.15, 0.2) is 24.3 Å². The largest absolute Gasteiger partial charge is 0.507 e. The summed E-state index contributed by atoms with van der Waals surface area (Å²) >= 11 is 0. The number of rotatable bonds is 6. The van der Waals surface area contributed by atoms with Gasteiger partial charge in [0.2, 0.25) is 0 Å². The van der Waals surface area contributed by atoms with Crippen LogP contribution in [0.25, 0.3) is 0 Å². The van der Waals surface area contributed by atoms with Crippen LogP contribution in [0.3, 0.4) is 0 Å². The van der Waals surface area contributed by atoms with Crippen molar-refractivity contribution < 1.29 is 19.8 Å². The second-order valence-corrected chi connectivity index (χ2v) is 15.6. The van der Waals surface area contributed by atoms with Gasteiger partial charge < -0.3 is 10.2 Å². The van der Waals surface area contributed by atoms with Crippen molar-refractivity contribution in [1.82, 2.24) is 0 Å². The number of ketones is 2. The van der Waals surface area contributed by atoms with Crippen LogP contribution in [0.4, 0.5) is 0 Å². The van der Waals surface area contributed by atoms with Gasteiger partial charge in [0.15, 0.2) is 0 Å². The zero-order valence-corrected chi connectivity index (χ0v) is 26.9. The van der Waals surface area contributed by atoms with E-state index < -0.39 is 5.41 Å². The number of hydrogen-bond acceptors (Lipinski definition) is 4. The quantitative estimate of drug-likeness (QED) is 0.365. The first kappa shape index (κ1) is 32.6. The van der Waals surface area contributed by atoms with Crippen LogP contribution in [0.1, 0.15) is 130 Å². The number of Topliss-reactive ketones (excluding diaryl/α,β-unsaturated/α-hetero) is 2. The molecule has 39 heavy (non-hydrogen) atoms. The van der Waals surface area contributed by atoms with Gasteiger partial charge in [-0.05, 0) is 81.7 Å². The van der Waals surface area contributed by atoms with E-state index in [0.29, 0.717) is 0 Å². The minimum Gasteiger partial charge on any atom is -0.507 e. The van der Waals surface area contributed by atoms with Crippen molar-refractivity contribution in [2.75, 3.05) is 0 Å². The highest BCUT2D eigenvalue weighted by atomic mass is 16.3. The van der Waals surface area contributed by atoms with Gasteiger partial charge in [-0.2, -0.15) is 0 Å². The smallest absolute Gasteiger partial charge is 0.144 e. The zero-order valence-electron chi connectivity index (χ0n) is 26.9. The molecular weight excluding hydrogens is 484 g/mol. The van der Waals surface area contributed by atoms with Crippen LogP contribution in [0, 0.1) is 5.41 Å². The number of benzene rings is 2. The molecule has 0 saturated heterocycles. The first-order valence-electron chi connectivity index (χ1n) is 14.1. The SMILES string of the molecule is CC(=O)C(Cc1cc(C(C)(C)C)c(O)c(C(C)(C)C)c1)(Cc1cc(C(C)(C)C)c(O)c(C(C)(C)C)c1)C(C)=O. The molecule has 0 heterocycles. The van der Waals surface area contributed by atoms with Crippen LogP contribution in [-0.4, -0.2) is 21.8 Å². The van der Waals surface area contributed by atoms with Gasteiger partial charge in [0, 0.05) is 0 Å². The second kappa shape index (κ2) is 10.4. The Morgan fingerprint density at radius 3 is 0.872 bits per heavy atom. The van der Waals surface area contributed by atoms with Crippen molar-refractivity contribution >= 4 is 11.6 Å². The number of phenolic OH excluding ortho intramolecular Hbond substituents is 2. The van der Waals surface area contributed by atoms with E-state index >= 15 is 0 Å². The summed E-state index contributed by atoms with van der Waals surface area (Å²) < 4.78 is 0. The topological polar surface area (TPSA) is 74.6 Å². The number of carbonyl (C=O) groups excluding carboxylic acids is 2. The number of carbonyl (C=O) groups is 2. The molecule has 0 aliphatic heterocycles. The Hall–Kier alpha value is -2.62. The van der Waals surface area contributed by atoms with Gasteiger partial charge in [-0.1, -0.05) is 107 Å². The van der Waals surface area contributed by atoms with Gasteiger partial charge in [0.1, 0.15) is 23.1 Å². The summed E-state index contributed by atoms with van der Waals surface area (Å²) in [6.45, 7) is 27.7. The Kier molecular flexibility index (Phi) is 8.70. The fraction of sp³-hybridized carbons (Fsp3) is 0.600. The van der Waals surface area contributed by atoms with E-state index in [-0.39, 0.29) is 57.6 Å². The van der Waals surface area contributed by atoms with E-state index in [9.17, 15) is 19.8 Å². The Balaban J connectivity index is 2.85. The first-order valence-corrected chi connectivity index (χ1v) is 14.1. The lowest BCUT2D eigenvalue weighted by Gasteiger charge is -2.33. The maximum Gasteiger partial charge on any atom is 0.144 e. The molecule has 4 heteroatoms. The summed E-state index contributed by atoms with van der Waals surface area (Å²) in [7, 11) is 0. The zero-order chi connectivity index (χ0) is 30.5. The van der Waals surface area contributed by atoms with Gasteiger partial charge in [-0.25, -0.2) is 0 Å². The summed E-state index contributed by atoms with van der Waals surface area (Å²) in [6, 6.07) is 7.85. The molecule has 2 aromatic rings. The molecule has 0 aliphatic rings. The molecule has 0 aromatic heterocycles. The molecule has 216 valence electrons. The lowest BCUT2D eigenvalue weighted by molar-refractivity contribution is -0.138. The number of aromatic hydroxyl groups is 2. The lowest BCUT2D eigenvalue weighted by Crippen LogP contribution is -2.41. The standard InChI is InChI=1S/C35H52O4/c1-21(36)35(22(2)37,19-23-15-25(31(3,4)5)29(38)26(16-23)32(6,7)8)20-24-17-27(33(9,10)11)30(39)28(18-24)34(12,13)14/h15-18,38-39H,19-20H2,1-14H3. The van der Waals surface area contributed by atoms with Gasteiger partial charge >= 0.3 is 0 Å². The van der Waals surface area contributed by atoms with E-state index in [2.05, 4.69) is 83.1 Å². The third kappa shape index (κ3) is 6.94. The molecule has 0 aliphatic carbocycles. The van der Waals surface area contributed by atoms with Crippen molar-refractivity contribution in [2.45, 2.75) is 131 Å². The third-order valence-electron chi connectivity index (χ3n) is 7.93. The average Bonchev–Trinajstić information content (AvgIpc) is 2.71. The predicted octanol–water partition coefficient (Wildman–Crippen LogP) is 8.24. The van der Waals surface area contributed by atoms with Crippen LogP contribution in [-0.2, 0) is 44.1 Å². The average molecular weight is 537 g/mol. The van der Waals surface area contributed by atoms with Crippen LogP contribution in [0.5, 0.6) is 11.5 Å². The van der Waals surface area contributed by atoms with Crippen molar-refractivity contribution in [2.24, 2.45) is 5.41 Å². The molecular formula is C35H52O4. The monoisotopic (exact) mass is 536 g/mol. The second-order valence-electron chi connectivity index (χ2n) is 15.6. The molecule has 0 amide bonds. The minimum absolute atomic E-state index is 0.180. The third-order valence-corrected chi connectivity index (χ3v) is 7.93. The Morgan fingerprint density at radius 2 is 0.718 bits per heavy atom. The van der Waals surface area contributed by atoms with E-state index in [1.165, 1.54) is 13.8 Å². The normalized spacial score (nSPS) is 13.5. The maximum atomic E-state index is 13.5. The lowest BCUT2D eigenvalue weighted by atomic mass is 9.68. The van der Waals surface area contributed by atoms with E-state index in [0.717, 1.165) is 33.4 Å². The fourth-order valence-electron chi connectivity index (χ4n) is 5.38. The van der Waals surface area contributed by atoms with E-state index in [1.807, 2.05) is 24.3 Å². The van der Waals surface area contributed by atoms with E-state index in [1.54, 1.807) is 0 Å². The number of hydrogen-bond donors (Lipinski definition) is 2. The Morgan fingerprint density at radius 1 is 0.513 bits per heavy atom. The minimum atomic E-state index is -1.28. The van der Waals surface area contributed by atoms with Gasteiger partial charge in [-0.3, -0.25) is 9.59 Å². The van der Waals surface area contributed by atoms with Gasteiger partial charge in [0.05, 0.1) is 5.41 Å². The highest BCUT2D eigenvalue weighted by Crippen LogP contribution is 2.44. The predicted molar refractivity (Wildman–Crippen MR) is 162 cm³/mol. The summed E-state index contributed by atoms with van der Waals surface area (Å²) in [5.41, 5.74) is 2.37. The molecule has 0 atom stereocenters. The number of phenols is 2. The van der Waals surface area contributed by atoms with Crippen LogP contribution >= 0.6 is 0 Å². The Labute approximate surface area is 237 Å². The first-order chi connectivity index (χ1) is 17.3. The maximum absolute atomic E-state index is 13.5. The summed E-state index contributed by atoms with van der Waals surface area (Å²) in [4.78, 5) is 26.9. The van der Waals surface area contributed by atoms with Crippen molar-refractivity contribution in [3.63, 3.8) is 0 Å². The van der Waals surface area contributed by atoms with Crippen molar-refractivity contribution in [3.8, 4) is 11.5 Å². The highest BCUT2D eigenvalue weighted by Gasteiger charge is 2.42. The summed E-state index contributed by atoms with van der Waals surface area (Å²) in [5, 5.41) is 22.4. The van der Waals surface area contributed by atoms with Crippen LogP contribution < -0.4 is 0 Å². The van der Waals surface area contributed by atoms with Crippen molar-refractivity contribution in [3.05, 3.63) is 57.6 Å². The molecule has 0 unspecified atom stereocenters. The van der Waals surface area contributed by atoms with E-state index in [4.69, 9.17) is 0 Å². The molecule has 4 nitrogen and oxygen atoms in total. The summed E-state index contributed by atoms with van der Waals surface area (Å²) in [5.74, 6) is 0.192. The van der Waals surface area contributed by atoms with Crippen molar-refractivity contribution in [1.29, 1.82) is 0 Å².